The van der Waals surface area contributed by atoms with Crippen LogP contribution in [0.25, 0.3) is 21.5 Å². The summed E-state index contributed by atoms with van der Waals surface area (Å²) in [7, 11) is 0. The van der Waals surface area contributed by atoms with E-state index in [1.807, 2.05) is 48.5 Å². The van der Waals surface area contributed by atoms with Gasteiger partial charge >= 0.3 is 0 Å². The third kappa shape index (κ3) is 1.13. The Bertz CT molecular complexity index is 689. The van der Waals surface area contributed by atoms with Crippen LogP contribution in [0.5, 0.6) is 5.75 Å². The van der Waals surface area contributed by atoms with Gasteiger partial charge < -0.3 is 10.8 Å². The molecular weight excluding hydrogens is 198 g/mol. The molecule has 0 aliphatic carbocycles. The van der Waals surface area contributed by atoms with Crippen molar-refractivity contribution in [1.29, 1.82) is 0 Å². The van der Waals surface area contributed by atoms with Crippen molar-refractivity contribution in [3.63, 3.8) is 0 Å². The maximum Gasteiger partial charge on any atom is 0.131 e. The van der Waals surface area contributed by atoms with Crippen molar-refractivity contribution >= 4 is 27.2 Å². The molecule has 0 spiro atoms. The van der Waals surface area contributed by atoms with Crippen LogP contribution in [-0.2, 0) is 0 Å². The van der Waals surface area contributed by atoms with Crippen LogP contribution in [0.3, 0.4) is 0 Å². The van der Waals surface area contributed by atoms with E-state index in [0.717, 1.165) is 21.5 Å². The molecule has 0 aromatic heterocycles. The van der Waals surface area contributed by atoms with Gasteiger partial charge in [-0.2, -0.15) is 0 Å². The first-order valence-corrected chi connectivity index (χ1v) is 5.16. The summed E-state index contributed by atoms with van der Waals surface area (Å²) in [4.78, 5) is 0. The van der Waals surface area contributed by atoms with Gasteiger partial charge in [0.25, 0.3) is 0 Å². The van der Waals surface area contributed by atoms with Crippen molar-refractivity contribution in [2.45, 2.75) is 0 Å². The molecule has 0 saturated heterocycles. The lowest BCUT2D eigenvalue weighted by atomic mass is 10.0. The summed E-state index contributed by atoms with van der Waals surface area (Å²) in [6.07, 6.45) is 0. The van der Waals surface area contributed by atoms with E-state index in [1.165, 1.54) is 0 Å². The van der Waals surface area contributed by atoms with Crippen molar-refractivity contribution < 1.29 is 5.11 Å². The van der Waals surface area contributed by atoms with Crippen LogP contribution < -0.4 is 5.73 Å². The SMILES string of the molecule is Nc1cccc2c(O)c3ccccc3cc12. The summed E-state index contributed by atoms with van der Waals surface area (Å²) < 4.78 is 0. The van der Waals surface area contributed by atoms with Crippen LogP contribution in [0.1, 0.15) is 0 Å². The summed E-state index contributed by atoms with van der Waals surface area (Å²) in [5.74, 6) is 0.306. The van der Waals surface area contributed by atoms with Crippen LogP contribution >= 0.6 is 0 Å². The fraction of sp³-hybridized carbons (Fsp3) is 0. The maximum absolute atomic E-state index is 10.2. The van der Waals surface area contributed by atoms with E-state index < -0.39 is 0 Å². The van der Waals surface area contributed by atoms with Gasteiger partial charge in [-0.25, -0.2) is 0 Å². The summed E-state index contributed by atoms with van der Waals surface area (Å²) >= 11 is 0. The first kappa shape index (κ1) is 9.04. The Labute approximate surface area is 92.9 Å². The third-order valence-electron chi connectivity index (χ3n) is 2.91. The number of nitrogens with two attached hydrogens (primary N) is 1. The highest BCUT2D eigenvalue weighted by atomic mass is 16.3. The predicted molar refractivity (Wildman–Crippen MR) is 67.5 cm³/mol. The van der Waals surface area contributed by atoms with Crippen LogP contribution in [0, 0.1) is 0 Å². The van der Waals surface area contributed by atoms with Crippen LogP contribution in [0.4, 0.5) is 5.69 Å². The average Bonchev–Trinajstić information content (AvgIpc) is 2.31. The molecule has 0 amide bonds. The third-order valence-corrected chi connectivity index (χ3v) is 2.91. The monoisotopic (exact) mass is 209 g/mol. The van der Waals surface area contributed by atoms with E-state index in [1.54, 1.807) is 0 Å². The number of anilines is 1. The molecule has 2 nitrogen and oxygen atoms in total. The van der Waals surface area contributed by atoms with Gasteiger partial charge in [-0.1, -0.05) is 36.4 Å². The zero-order chi connectivity index (χ0) is 11.1. The number of phenolic OH excluding ortho intramolecular Hbond substituents is 1. The number of fused-ring (bicyclic) bond motifs is 2. The zero-order valence-electron chi connectivity index (χ0n) is 8.64. The number of hydrogen-bond acceptors (Lipinski definition) is 2. The molecule has 0 unspecified atom stereocenters. The molecule has 0 atom stereocenters. The maximum atomic E-state index is 10.2. The Hall–Kier alpha value is -2.22. The van der Waals surface area contributed by atoms with E-state index in [9.17, 15) is 5.11 Å². The Kier molecular flexibility index (Phi) is 1.77. The zero-order valence-corrected chi connectivity index (χ0v) is 8.64. The van der Waals surface area contributed by atoms with Gasteiger partial charge in [0, 0.05) is 21.8 Å². The molecule has 0 heterocycles. The van der Waals surface area contributed by atoms with E-state index in [0.29, 0.717) is 11.4 Å². The highest BCUT2D eigenvalue weighted by molar-refractivity contribution is 6.08. The molecule has 0 aliphatic rings. The Morgan fingerprint density at radius 2 is 1.56 bits per heavy atom. The smallest absolute Gasteiger partial charge is 0.131 e. The molecule has 0 saturated carbocycles. The van der Waals surface area contributed by atoms with Gasteiger partial charge in [-0.15, -0.1) is 0 Å². The minimum atomic E-state index is 0.306. The van der Waals surface area contributed by atoms with E-state index >= 15 is 0 Å². The van der Waals surface area contributed by atoms with E-state index in [-0.39, 0.29) is 0 Å². The lowest BCUT2D eigenvalue weighted by molar-refractivity contribution is 0.488. The molecule has 16 heavy (non-hydrogen) atoms. The van der Waals surface area contributed by atoms with Gasteiger partial charge in [-0.3, -0.25) is 0 Å². The minimum Gasteiger partial charge on any atom is -0.507 e. The molecule has 3 aromatic rings. The molecule has 3 aromatic carbocycles. The van der Waals surface area contributed by atoms with E-state index in [2.05, 4.69) is 0 Å². The number of nitrogen functional groups attached to an aromatic ring is 1. The second kappa shape index (κ2) is 3.14. The number of benzene rings is 3. The van der Waals surface area contributed by atoms with Crippen molar-refractivity contribution in [2.24, 2.45) is 0 Å². The standard InChI is InChI=1S/C14H11NO/c15-13-7-3-6-11-12(13)8-9-4-1-2-5-10(9)14(11)16/h1-8,16H,15H2. The fourth-order valence-electron chi connectivity index (χ4n) is 2.09. The highest BCUT2D eigenvalue weighted by Crippen LogP contribution is 2.35. The first-order chi connectivity index (χ1) is 7.77. The predicted octanol–water partition coefficient (Wildman–Crippen LogP) is 3.28. The minimum absolute atomic E-state index is 0.306. The molecule has 0 aliphatic heterocycles. The molecule has 2 heteroatoms. The van der Waals surface area contributed by atoms with E-state index in [4.69, 9.17) is 5.73 Å². The molecular formula is C14H11NO. The molecule has 0 radical (unpaired) electrons. The summed E-state index contributed by atoms with van der Waals surface area (Å²) in [6.45, 7) is 0. The normalized spacial score (nSPS) is 11.0. The summed E-state index contributed by atoms with van der Waals surface area (Å²) in [6, 6.07) is 15.3. The van der Waals surface area contributed by atoms with Gasteiger partial charge in [0.2, 0.25) is 0 Å². The largest absolute Gasteiger partial charge is 0.507 e. The molecule has 0 fully saturated rings. The topological polar surface area (TPSA) is 46.2 Å². The average molecular weight is 209 g/mol. The fourth-order valence-corrected chi connectivity index (χ4v) is 2.09. The van der Waals surface area contributed by atoms with Crippen molar-refractivity contribution in [3.05, 3.63) is 48.5 Å². The Morgan fingerprint density at radius 3 is 2.44 bits per heavy atom. The quantitative estimate of drug-likeness (QED) is 0.441. The number of rotatable bonds is 0. The van der Waals surface area contributed by atoms with Gasteiger partial charge in [-0.05, 0) is 17.5 Å². The van der Waals surface area contributed by atoms with Crippen molar-refractivity contribution in [2.75, 3.05) is 5.73 Å². The highest BCUT2D eigenvalue weighted by Gasteiger charge is 2.06. The van der Waals surface area contributed by atoms with Gasteiger partial charge in [0.1, 0.15) is 5.75 Å². The molecule has 3 N–H and O–H groups in total. The lowest BCUT2D eigenvalue weighted by Gasteiger charge is -2.07. The van der Waals surface area contributed by atoms with Crippen LogP contribution in [-0.4, -0.2) is 5.11 Å². The number of hydrogen-bond donors (Lipinski definition) is 2. The summed E-state index contributed by atoms with van der Waals surface area (Å²) in [5, 5.41) is 13.8. The Morgan fingerprint density at radius 1 is 0.812 bits per heavy atom. The van der Waals surface area contributed by atoms with Crippen molar-refractivity contribution in [3.8, 4) is 5.75 Å². The molecule has 78 valence electrons. The van der Waals surface area contributed by atoms with Gasteiger partial charge in [0.15, 0.2) is 0 Å². The van der Waals surface area contributed by atoms with Gasteiger partial charge in [0.05, 0.1) is 0 Å². The molecule has 0 bridgehead atoms. The summed E-state index contributed by atoms with van der Waals surface area (Å²) in [5.41, 5.74) is 6.60. The Balaban J connectivity index is 2.61. The van der Waals surface area contributed by atoms with Crippen LogP contribution in [0.2, 0.25) is 0 Å². The lowest BCUT2D eigenvalue weighted by Crippen LogP contribution is -1.87. The van der Waals surface area contributed by atoms with Crippen molar-refractivity contribution in [1.82, 2.24) is 0 Å². The van der Waals surface area contributed by atoms with Crippen LogP contribution in [0.15, 0.2) is 48.5 Å². The number of phenols is 1. The second-order valence-corrected chi connectivity index (χ2v) is 3.89. The first-order valence-electron chi connectivity index (χ1n) is 5.16. The second-order valence-electron chi connectivity index (χ2n) is 3.89. The number of aromatic hydroxyl groups is 1. The molecule has 3 rings (SSSR count).